The van der Waals surface area contributed by atoms with E-state index < -0.39 is 0 Å². The van der Waals surface area contributed by atoms with Crippen molar-refractivity contribution >= 4 is 17.3 Å². The molecule has 1 saturated heterocycles. The van der Waals surface area contributed by atoms with E-state index in [4.69, 9.17) is 9.98 Å². The summed E-state index contributed by atoms with van der Waals surface area (Å²) in [6.45, 7) is 11.3. The number of aliphatic imine (C=N–C) groups is 2. The predicted molar refractivity (Wildman–Crippen MR) is 109 cm³/mol. The molecule has 144 valence electrons. The van der Waals surface area contributed by atoms with E-state index in [1.165, 1.54) is 17.5 Å². The summed E-state index contributed by atoms with van der Waals surface area (Å²) in [6, 6.07) is 9.02. The highest BCUT2D eigenvalue weighted by molar-refractivity contribution is 6.12. The molecule has 2 atom stereocenters. The van der Waals surface area contributed by atoms with Crippen LogP contribution in [0.3, 0.4) is 0 Å². The Hall–Kier alpha value is -2.01. The molecule has 2 bridgehead atoms. The molecule has 1 aromatic carbocycles. The Kier molecular flexibility index (Phi) is 4.46. The molecule has 0 radical (unpaired) electrons. The fraction of sp³-hybridized carbons (Fsp3) is 0.591. The molecule has 1 N–H and O–H groups in total. The van der Waals surface area contributed by atoms with Crippen molar-refractivity contribution in [2.24, 2.45) is 15.4 Å². The standard InChI is InChI=1S/C22H30N4O/c1-13-20(25-19(27)11-22(3,4)5)14(2)24-21(23-13)26-12-15-10-18(26)17-9-7-6-8-16(15)17/h6-9,15,18,20-21H,10-12H2,1-5H3,(H,25,27). The van der Waals surface area contributed by atoms with Gasteiger partial charge in [-0.1, -0.05) is 45.0 Å². The molecule has 1 amide bonds. The van der Waals surface area contributed by atoms with Gasteiger partial charge in [0.15, 0.2) is 6.29 Å². The Labute approximate surface area is 162 Å². The van der Waals surface area contributed by atoms with E-state index in [9.17, 15) is 4.79 Å². The van der Waals surface area contributed by atoms with Crippen LogP contribution < -0.4 is 5.32 Å². The maximum Gasteiger partial charge on any atom is 0.221 e. The largest absolute Gasteiger partial charge is 0.343 e. The summed E-state index contributed by atoms with van der Waals surface area (Å²) in [6.07, 6.45) is 1.51. The lowest BCUT2D eigenvalue weighted by molar-refractivity contribution is -0.122. The van der Waals surface area contributed by atoms with Crippen LogP contribution in [0, 0.1) is 5.41 Å². The summed E-state index contributed by atoms with van der Waals surface area (Å²) in [5.41, 5.74) is 4.81. The van der Waals surface area contributed by atoms with E-state index in [-0.39, 0.29) is 23.7 Å². The number of benzene rings is 1. The van der Waals surface area contributed by atoms with Crippen molar-refractivity contribution in [2.75, 3.05) is 6.54 Å². The minimum absolute atomic E-state index is 0.0282. The van der Waals surface area contributed by atoms with Gasteiger partial charge in [0.05, 0.1) is 0 Å². The molecule has 0 aromatic heterocycles. The fourth-order valence-electron chi connectivity index (χ4n) is 4.73. The third-order valence-corrected chi connectivity index (χ3v) is 5.90. The number of nitrogens with zero attached hydrogens (tertiary/aromatic N) is 3. The van der Waals surface area contributed by atoms with Crippen LogP contribution in [0.2, 0.25) is 0 Å². The number of hydrogen-bond acceptors (Lipinski definition) is 4. The van der Waals surface area contributed by atoms with Crippen molar-refractivity contribution < 1.29 is 4.79 Å². The van der Waals surface area contributed by atoms with Crippen molar-refractivity contribution in [3.05, 3.63) is 35.4 Å². The highest BCUT2D eigenvalue weighted by Crippen LogP contribution is 2.51. The first-order valence-electron chi connectivity index (χ1n) is 9.95. The summed E-state index contributed by atoms with van der Waals surface area (Å²) in [4.78, 5) is 24.5. The number of hydrogen-bond donors (Lipinski definition) is 1. The van der Waals surface area contributed by atoms with Gasteiger partial charge in [0.2, 0.25) is 5.91 Å². The summed E-state index contributed by atoms with van der Waals surface area (Å²) in [5.74, 6) is 0.658. The highest BCUT2D eigenvalue weighted by Gasteiger charge is 2.45. The molecule has 1 aromatic rings. The van der Waals surface area contributed by atoms with Crippen molar-refractivity contribution in [1.82, 2.24) is 10.2 Å². The zero-order chi connectivity index (χ0) is 19.3. The molecule has 0 spiro atoms. The molecule has 1 aliphatic carbocycles. The molecule has 4 rings (SSSR count). The number of carbonyl (C=O) groups is 1. The second-order valence-corrected chi connectivity index (χ2v) is 9.40. The van der Waals surface area contributed by atoms with Crippen LogP contribution in [0.5, 0.6) is 0 Å². The van der Waals surface area contributed by atoms with Gasteiger partial charge in [-0.15, -0.1) is 0 Å². The summed E-state index contributed by atoms with van der Waals surface area (Å²) >= 11 is 0. The van der Waals surface area contributed by atoms with Crippen molar-refractivity contribution in [3.63, 3.8) is 0 Å². The average molecular weight is 367 g/mol. The molecular weight excluding hydrogens is 336 g/mol. The van der Waals surface area contributed by atoms with E-state index >= 15 is 0 Å². The Bertz CT molecular complexity index is 800. The highest BCUT2D eigenvalue weighted by atomic mass is 16.1. The third-order valence-electron chi connectivity index (χ3n) is 5.90. The average Bonchev–Trinajstić information content (AvgIpc) is 3.16. The number of amides is 1. The van der Waals surface area contributed by atoms with Gasteiger partial charge < -0.3 is 5.32 Å². The van der Waals surface area contributed by atoms with Crippen molar-refractivity contribution in [2.45, 2.75) is 71.8 Å². The summed E-state index contributed by atoms with van der Waals surface area (Å²) < 4.78 is 0. The van der Waals surface area contributed by atoms with Crippen LogP contribution >= 0.6 is 0 Å². The minimum atomic E-state index is -0.178. The van der Waals surface area contributed by atoms with E-state index in [2.05, 4.69) is 55.3 Å². The topological polar surface area (TPSA) is 57.1 Å². The van der Waals surface area contributed by atoms with Gasteiger partial charge in [0.1, 0.15) is 6.04 Å². The Morgan fingerprint density at radius 3 is 2.41 bits per heavy atom. The minimum Gasteiger partial charge on any atom is -0.343 e. The third kappa shape index (κ3) is 3.45. The smallest absolute Gasteiger partial charge is 0.221 e. The van der Waals surface area contributed by atoms with Crippen LogP contribution in [0.25, 0.3) is 0 Å². The van der Waals surface area contributed by atoms with Gasteiger partial charge >= 0.3 is 0 Å². The second-order valence-electron chi connectivity index (χ2n) is 9.40. The van der Waals surface area contributed by atoms with E-state index in [0.29, 0.717) is 18.4 Å². The lowest BCUT2D eigenvalue weighted by Crippen LogP contribution is -2.50. The predicted octanol–water partition coefficient (Wildman–Crippen LogP) is 3.67. The van der Waals surface area contributed by atoms with E-state index in [1.807, 2.05) is 13.8 Å². The van der Waals surface area contributed by atoms with E-state index in [0.717, 1.165) is 18.0 Å². The molecule has 3 aliphatic rings. The van der Waals surface area contributed by atoms with Crippen molar-refractivity contribution in [3.8, 4) is 0 Å². The molecule has 1 fully saturated rings. The molecule has 5 nitrogen and oxygen atoms in total. The lowest BCUT2D eigenvalue weighted by Gasteiger charge is -2.35. The van der Waals surface area contributed by atoms with Gasteiger partial charge in [-0.3, -0.25) is 19.7 Å². The maximum atomic E-state index is 12.4. The van der Waals surface area contributed by atoms with Crippen LogP contribution in [-0.4, -0.2) is 41.1 Å². The normalized spacial score (nSPS) is 30.0. The van der Waals surface area contributed by atoms with Gasteiger partial charge in [-0.05, 0) is 42.7 Å². The first-order chi connectivity index (χ1) is 12.7. The Morgan fingerprint density at radius 1 is 1.15 bits per heavy atom. The zero-order valence-electron chi connectivity index (χ0n) is 17.0. The van der Waals surface area contributed by atoms with Crippen LogP contribution in [-0.2, 0) is 4.79 Å². The lowest BCUT2D eigenvalue weighted by atomic mass is 9.91. The summed E-state index contributed by atoms with van der Waals surface area (Å²) in [5, 5.41) is 3.12. The Balaban J connectivity index is 1.49. The number of fused-ring (bicyclic) bond motifs is 5. The molecule has 2 aliphatic heterocycles. The molecule has 2 unspecified atom stereocenters. The van der Waals surface area contributed by atoms with Crippen LogP contribution in [0.1, 0.15) is 70.5 Å². The molecule has 0 saturated carbocycles. The quantitative estimate of drug-likeness (QED) is 0.887. The van der Waals surface area contributed by atoms with Gasteiger partial charge in [0.25, 0.3) is 0 Å². The van der Waals surface area contributed by atoms with Gasteiger partial charge in [0, 0.05) is 30.4 Å². The van der Waals surface area contributed by atoms with E-state index in [1.54, 1.807) is 0 Å². The van der Waals surface area contributed by atoms with Crippen molar-refractivity contribution in [1.29, 1.82) is 0 Å². The molecular formula is C22H30N4O. The zero-order valence-corrected chi connectivity index (χ0v) is 17.0. The first kappa shape index (κ1) is 18.4. The number of nitrogens with one attached hydrogen (secondary N) is 1. The number of carbonyl (C=O) groups excluding carboxylic acids is 1. The van der Waals surface area contributed by atoms with Crippen LogP contribution in [0.15, 0.2) is 34.3 Å². The molecule has 27 heavy (non-hydrogen) atoms. The summed E-state index contributed by atoms with van der Waals surface area (Å²) in [7, 11) is 0. The SMILES string of the molecule is CC1=NC(N2CC3CC2c2ccccc23)N=C(C)C1NC(=O)CC(C)(C)C. The first-order valence-corrected chi connectivity index (χ1v) is 9.95. The second kappa shape index (κ2) is 6.55. The van der Waals surface area contributed by atoms with Gasteiger partial charge in [-0.25, -0.2) is 0 Å². The monoisotopic (exact) mass is 366 g/mol. The van der Waals surface area contributed by atoms with Gasteiger partial charge in [-0.2, -0.15) is 0 Å². The number of likely N-dealkylation sites (tertiary alicyclic amines) is 1. The Morgan fingerprint density at radius 2 is 1.78 bits per heavy atom. The number of rotatable bonds is 3. The molecule has 5 heteroatoms. The molecule has 2 heterocycles. The fourth-order valence-corrected chi connectivity index (χ4v) is 4.73. The van der Waals surface area contributed by atoms with Crippen LogP contribution in [0.4, 0.5) is 0 Å². The maximum absolute atomic E-state index is 12.4.